The smallest absolute Gasteiger partial charge is 0.248 e. The van der Waals surface area contributed by atoms with E-state index in [9.17, 15) is 0 Å². The van der Waals surface area contributed by atoms with Gasteiger partial charge in [0, 0.05) is 62.9 Å². The van der Waals surface area contributed by atoms with Gasteiger partial charge in [0.25, 0.3) is 0 Å². The molecule has 9 heteroatoms. The SMILES string of the molecule is Cc1c(/C=N\N(C)C)c(P(=O)(N2CCOCC2)N2CCOCC2)c(C)n1-c1ccccc1. The molecule has 3 heterocycles. The molecule has 0 aliphatic carbocycles. The Morgan fingerprint density at radius 1 is 0.906 bits per heavy atom. The van der Waals surface area contributed by atoms with Crippen molar-refractivity contribution in [2.75, 3.05) is 66.7 Å². The molecule has 0 atom stereocenters. The third-order valence-electron chi connectivity index (χ3n) is 6.12. The summed E-state index contributed by atoms with van der Waals surface area (Å²) in [6.45, 7) is 9.11. The van der Waals surface area contributed by atoms with E-state index in [1.807, 2.05) is 38.5 Å². The number of rotatable bonds is 6. The minimum Gasteiger partial charge on any atom is -0.379 e. The number of benzene rings is 1. The summed E-state index contributed by atoms with van der Waals surface area (Å²) in [6, 6.07) is 10.3. The number of morpholine rings is 2. The number of para-hydroxylation sites is 1. The Hall–Kier alpha value is -1.96. The summed E-state index contributed by atoms with van der Waals surface area (Å²) in [7, 11) is 0.690. The van der Waals surface area contributed by atoms with Crippen LogP contribution in [0.15, 0.2) is 35.4 Å². The zero-order valence-electron chi connectivity index (χ0n) is 19.5. The standard InChI is InChI=1S/C23H34N5O3P/c1-19-22(18-24-25(3)4)23(20(2)28(19)21-8-6-5-7-9-21)32(29,26-10-14-30-15-11-26)27-12-16-31-17-13-27/h5-9,18H,10-17H2,1-4H3/b24-18-. The van der Waals surface area contributed by atoms with Gasteiger partial charge in [-0.05, 0) is 26.0 Å². The van der Waals surface area contributed by atoms with Crippen molar-refractivity contribution in [2.45, 2.75) is 13.8 Å². The van der Waals surface area contributed by atoms with E-state index in [0.717, 1.165) is 27.9 Å². The molecular weight excluding hydrogens is 425 g/mol. The molecule has 1 aromatic heterocycles. The lowest BCUT2D eigenvalue weighted by molar-refractivity contribution is 0.0538. The molecule has 0 spiro atoms. The second kappa shape index (κ2) is 9.89. The summed E-state index contributed by atoms with van der Waals surface area (Å²) in [6.07, 6.45) is 1.87. The van der Waals surface area contributed by atoms with Crippen molar-refractivity contribution in [3.63, 3.8) is 0 Å². The lowest BCUT2D eigenvalue weighted by atomic mass is 10.2. The molecule has 8 nitrogen and oxygen atoms in total. The van der Waals surface area contributed by atoms with Gasteiger partial charge in [-0.2, -0.15) is 5.10 Å². The van der Waals surface area contributed by atoms with Gasteiger partial charge in [0.2, 0.25) is 7.44 Å². The highest BCUT2D eigenvalue weighted by Gasteiger charge is 2.44. The molecule has 0 bridgehead atoms. The minimum absolute atomic E-state index is 0.590. The van der Waals surface area contributed by atoms with Crippen molar-refractivity contribution in [1.29, 1.82) is 0 Å². The fourth-order valence-corrected chi connectivity index (χ4v) is 8.00. The summed E-state index contributed by atoms with van der Waals surface area (Å²) in [5.74, 6) is 0. The Bertz CT molecular complexity index is 971. The van der Waals surface area contributed by atoms with Crippen LogP contribution in [0.25, 0.3) is 5.69 Å². The third kappa shape index (κ3) is 4.30. The number of nitrogens with zero attached hydrogens (tertiary/aromatic N) is 5. The molecule has 0 saturated carbocycles. The van der Waals surface area contributed by atoms with Crippen LogP contribution in [0, 0.1) is 13.8 Å². The van der Waals surface area contributed by atoms with Crippen LogP contribution in [-0.2, 0) is 14.0 Å². The fourth-order valence-electron chi connectivity index (χ4n) is 4.62. The molecule has 0 radical (unpaired) electrons. The normalized spacial score (nSPS) is 19.0. The Morgan fingerprint density at radius 2 is 1.44 bits per heavy atom. The number of hydrazone groups is 1. The predicted octanol–water partition coefficient (Wildman–Crippen LogP) is 2.47. The largest absolute Gasteiger partial charge is 0.379 e. The van der Waals surface area contributed by atoms with E-state index in [0.29, 0.717) is 52.6 Å². The van der Waals surface area contributed by atoms with Crippen LogP contribution >= 0.6 is 7.44 Å². The molecule has 2 saturated heterocycles. The molecule has 2 aliphatic rings. The van der Waals surface area contributed by atoms with Crippen molar-refractivity contribution in [1.82, 2.24) is 18.9 Å². The lowest BCUT2D eigenvalue weighted by Gasteiger charge is -2.42. The number of hydrogen-bond donors (Lipinski definition) is 0. The maximum Gasteiger partial charge on any atom is 0.248 e. The Morgan fingerprint density at radius 3 is 1.94 bits per heavy atom. The molecule has 32 heavy (non-hydrogen) atoms. The van der Waals surface area contributed by atoms with Crippen LogP contribution in [0.2, 0.25) is 0 Å². The van der Waals surface area contributed by atoms with E-state index < -0.39 is 7.44 Å². The Kier molecular flexibility index (Phi) is 7.17. The molecule has 0 amide bonds. The van der Waals surface area contributed by atoms with Crippen molar-refractivity contribution in [3.05, 3.63) is 47.3 Å². The van der Waals surface area contributed by atoms with Gasteiger partial charge in [-0.25, -0.2) is 9.34 Å². The highest BCUT2D eigenvalue weighted by Crippen LogP contribution is 2.54. The average Bonchev–Trinajstić information content (AvgIpc) is 3.08. The highest BCUT2D eigenvalue weighted by molar-refractivity contribution is 7.67. The second-order valence-corrected chi connectivity index (χ2v) is 11.0. The van der Waals surface area contributed by atoms with Crippen LogP contribution < -0.4 is 5.30 Å². The predicted molar refractivity (Wildman–Crippen MR) is 129 cm³/mol. The molecule has 0 unspecified atom stereocenters. The molecule has 2 fully saturated rings. The lowest BCUT2D eigenvalue weighted by Crippen LogP contribution is -2.47. The van der Waals surface area contributed by atoms with Crippen LogP contribution in [-0.4, -0.2) is 91.8 Å². The van der Waals surface area contributed by atoms with E-state index in [1.165, 1.54) is 0 Å². The van der Waals surface area contributed by atoms with Gasteiger partial charge >= 0.3 is 0 Å². The number of ether oxygens (including phenoxy) is 2. The van der Waals surface area contributed by atoms with Crippen LogP contribution in [0.5, 0.6) is 0 Å². The van der Waals surface area contributed by atoms with Crippen molar-refractivity contribution >= 4 is 19.0 Å². The van der Waals surface area contributed by atoms with Crippen molar-refractivity contribution in [3.8, 4) is 5.69 Å². The van der Waals surface area contributed by atoms with Gasteiger partial charge in [-0.3, -0.25) is 4.57 Å². The molecule has 1 aromatic carbocycles. The maximum atomic E-state index is 15.3. The molecule has 0 N–H and O–H groups in total. The summed E-state index contributed by atoms with van der Waals surface area (Å²) in [4.78, 5) is 0. The van der Waals surface area contributed by atoms with Gasteiger partial charge < -0.3 is 19.0 Å². The Labute approximate surface area is 190 Å². The van der Waals surface area contributed by atoms with Crippen LogP contribution in [0.1, 0.15) is 17.0 Å². The van der Waals surface area contributed by atoms with Crippen LogP contribution in [0.3, 0.4) is 0 Å². The third-order valence-corrected chi connectivity index (χ3v) is 9.60. The first kappa shape index (κ1) is 23.2. The summed E-state index contributed by atoms with van der Waals surface area (Å²) < 4.78 is 33.0. The molecule has 2 aliphatic heterocycles. The zero-order valence-corrected chi connectivity index (χ0v) is 20.4. The minimum atomic E-state index is -3.11. The first-order valence-electron chi connectivity index (χ1n) is 11.2. The highest BCUT2D eigenvalue weighted by atomic mass is 31.2. The van der Waals surface area contributed by atoms with Crippen molar-refractivity contribution < 1.29 is 14.0 Å². The van der Waals surface area contributed by atoms with E-state index in [1.54, 1.807) is 5.01 Å². The molecule has 2 aromatic rings. The second-order valence-electron chi connectivity index (χ2n) is 8.37. The van der Waals surface area contributed by atoms with Crippen LogP contribution in [0.4, 0.5) is 0 Å². The summed E-state index contributed by atoms with van der Waals surface area (Å²) in [5.41, 5.74) is 4.02. The van der Waals surface area contributed by atoms with E-state index >= 15 is 4.57 Å². The number of aromatic nitrogens is 1. The average molecular weight is 460 g/mol. The Balaban J connectivity index is 1.96. The number of hydrogen-bond acceptors (Lipinski definition) is 5. The summed E-state index contributed by atoms with van der Waals surface area (Å²) in [5, 5.41) is 7.21. The summed E-state index contributed by atoms with van der Waals surface area (Å²) >= 11 is 0. The topological polar surface area (TPSA) is 62.5 Å². The van der Waals surface area contributed by atoms with Crippen molar-refractivity contribution in [2.24, 2.45) is 5.10 Å². The quantitative estimate of drug-likeness (QED) is 0.376. The fraction of sp³-hybridized carbons (Fsp3) is 0.522. The maximum absolute atomic E-state index is 15.3. The monoisotopic (exact) mass is 459 g/mol. The van der Waals surface area contributed by atoms with E-state index in [2.05, 4.69) is 45.0 Å². The van der Waals surface area contributed by atoms with E-state index in [-0.39, 0.29) is 0 Å². The van der Waals surface area contributed by atoms with Gasteiger partial charge in [0.05, 0.1) is 37.9 Å². The molecular formula is C23H34N5O3P. The van der Waals surface area contributed by atoms with Gasteiger partial charge in [-0.15, -0.1) is 0 Å². The zero-order chi connectivity index (χ0) is 22.7. The molecule has 174 valence electrons. The van der Waals surface area contributed by atoms with Gasteiger partial charge in [0.15, 0.2) is 0 Å². The van der Waals surface area contributed by atoms with Gasteiger partial charge in [-0.1, -0.05) is 18.2 Å². The first-order chi connectivity index (χ1) is 15.4. The first-order valence-corrected chi connectivity index (χ1v) is 12.8. The molecule has 4 rings (SSSR count). The van der Waals surface area contributed by atoms with E-state index in [4.69, 9.17) is 9.47 Å². The van der Waals surface area contributed by atoms with Gasteiger partial charge in [0.1, 0.15) is 0 Å².